The van der Waals surface area contributed by atoms with Gasteiger partial charge in [-0.3, -0.25) is 0 Å². The predicted octanol–water partition coefficient (Wildman–Crippen LogP) is 7.52. The Labute approximate surface area is 227 Å². The second kappa shape index (κ2) is 11.1. The molecule has 0 aliphatic carbocycles. The van der Waals surface area contributed by atoms with Crippen LogP contribution in [0.1, 0.15) is 28.7 Å². The molecule has 37 heavy (non-hydrogen) atoms. The van der Waals surface area contributed by atoms with E-state index in [0.717, 1.165) is 23.3 Å². The first-order valence-electron chi connectivity index (χ1n) is 11.0. The summed E-state index contributed by atoms with van der Waals surface area (Å²) in [5.41, 5.74) is 1.16. The molecule has 0 fully saturated rings. The van der Waals surface area contributed by atoms with Gasteiger partial charge in [0.25, 0.3) is 12.2 Å². The number of aryl methyl sites for hydroxylation is 2. The first kappa shape index (κ1) is 26.9. The first-order chi connectivity index (χ1) is 17.5. The molecule has 2 N–H and O–H groups in total. The number of alkyl halides is 4. The van der Waals surface area contributed by atoms with Crippen molar-refractivity contribution < 1.29 is 22.1 Å². The molecule has 0 saturated carbocycles. The summed E-state index contributed by atoms with van der Waals surface area (Å²) in [4.78, 5) is 12.6. The van der Waals surface area contributed by atoms with Crippen molar-refractivity contribution in [3.63, 3.8) is 0 Å². The maximum absolute atomic E-state index is 15.5. The van der Waals surface area contributed by atoms with Crippen LogP contribution in [0.25, 0.3) is 0 Å². The monoisotopic (exact) mass is 639 g/mol. The van der Waals surface area contributed by atoms with Crippen molar-refractivity contribution in [1.29, 1.82) is 0 Å². The Bertz CT molecular complexity index is 1390. The number of hydrogen-bond acceptors (Lipinski definition) is 5. The number of nitrogens with one attached hydrogen (secondary N) is 2. The van der Waals surface area contributed by atoms with Crippen molar-refractivity contribution in [1.82, 2.24) is 15.0 Å². The smallest absolute Gasteiger partial charge is 0.310 e. The first-order valence-corrected chi connectivity index (χ1v) is 12.6. The van der Waals surface area contributed by atoms with E-state index < -0.39 is 18.9 Å². The maximum Gasteiger partial charge on any atom is 0.310 e. The molecule has 0 unspecified atom stereocenters. The topological polar surface area (TPSA) is 66.6 Å². The highest BCUT2D eigenvalue weighted by atomic mass is 79.9. The van der Waals surface area contributed by atoms with Crippen LogP contribution in [0.2, 0.25) is 0 Å². The van der Waals surface area contributed by atoms with Gasteiger partial charge in [0.1, 0.15) is 20.8 Å². The summed E-state index contributed by atoms with van der Waals surface area (Å²) in [5.74, 6) is -2.37. The summed E-state index contributed by atoms with van der Waals surface area (Å²) >= 11 is 6.59. The van der Waals surface area contributed by atoms with Crippen LogP contribution in [0.4, 0.5) is 40.8 Å². The number of aromatic nitrogens is 4. The quantitative estimate of drug-likeness (QED) is 0.118. The van der Waals surface area contributed by atoms with E-state index in [4.69, 9.17) is 0 Å². The fourth-order valence-corrected chi connectivity index (χ4v) is 4.70. The van der Waals surface area contributed by atoms with E-state index >= 15 is 8.78 Å². The molecule has 4 aromatic heterocycles. The maximum atomic E-state index is 15.5. The molecule has 0 aromatic carbocycles. The lowest BCUT2D eigenvalue weighted by Gasteiger charge is -2.18. The van der Waals surface area contributed by atoms with E-state index in [1.165, 1.54) is 29.1 Å². The zero-order chi connectivity index (χ0) is 26.7. The van der Waals surface area contributed by atoms with Gasteiger partial charge in [0.05, 0.1) is 6.20 Å². The Balaban J connectivity index is 1.63. The predicted molar refractivity (Wildman–Crippen MR) is 140 cm³/mol. The number of hydrogen-bond donors (Lipinski definition) is 2. The van der Waals surface area contributed by atoms with Crippen molar-refractivity contribution in [2.45, 2.75) is 32.7 Å². The van der Waals surface area contributed by atoms with Gasteiger partial charge in [-0.15, -0.1) is 0 Å². The van der Waals surface area contributed by atoms with Crippen LogP contribution in [-0.4, -0.2) is 15.0 Å². The van der Waals surface area contributed by atoms with Crippen molar-refractivity contribution in [3.8, 4) is 0 Å². The minimum Gasteiger partial charge on any atom is -0.325 e. The molecular weight excluding hydrogens is 620 g/mol. The fraction of sp³-hybridized carbons (Fsp3) is 0.200. The third-order valence-corrected chi connectivity index (χ3v) is 6.06. The molecule has 0 spiro atoms. The molecule has 6 nitrogen and oxygen atoms in total. The highest BCUT2D eigenvalue weighted by molar-refractivity contribution is 9.10. The summed E-state index contributed by atoms with van der Waals surface area (Å²) in [7, 11) is 0. The third-order valence-electron chi connectivity index (χ3n) is 5.25. The highest BCUT2D eigenvalue weighted by Crippen LogP contribution is 2.31. The summed E-state index contributed by atoms with van der Waals surface area (Å²) < 4.78 is 60.1. The van der Waals surface area contributed by atoms with Crippen molar-refractivity contribution >= 4 is 55.1 Å². The van der Waals surface area contributed by atoms with Crippen LogP contribution in [-0.2, 0) is 12.5 Å². The van der Waals surface area contributed by atoms with Crippen LogP contribution in [0, 0.1) is 13.8 Å². The van der Waals surface area contributed by atoms with Crippen LogP contribution in [0.3, 0.4) is 0 Å². The van der Waals surface area contributed by atoms with Crippen LogP contribution in [0.5, 0.6) is 0 Å². The Morgan fingerprint density at radius 3 is 2.08 bits per heavy atom. The minimum atomic E-state index is -3.37. The zero-order valence-corrected chi connectivity index (χ0v) is 22.8. The summed E-state index contributed by atoms with van der Waals surface area (Å²) in [6, 6.07) is 11.7. The number of nitrogens with zero attached hydrogens (tertiary/aromatic N) is 4. The standard InChI is InChI=1S/C25H20Br2F4N6/c1-14-7-18(26)33-21(9-14)35-20-12-17(3-5-32-20)25(30,31)13-37-6-4-16(24(28)29)11-23(37)36-22-10-15(2)8-19(27)34-22/h3-12,24H,13H2,1-2H3,(H,32,33,35)/p+1. The Hall–Kier alpha value is -3.12. The van der Waals surface area contributed by atoms with Crippen LogP contribution < -0.4 is 15.2 Å². The van der Waals surface area contributed by atoms with Crippen LogP contribution >= 0.6 is 31.9 Å². The van der Waals surface area contributed by atoms with Gasteiger partial charge in [-0.1, -0.05) is 0 Å². The normalized spacial score (nSPS) is 11.6. The van der Waals surface area contributed by atoms with E-state index in [1.807, 2.05) is 19.9 Å². The average molecular weight is 641 g/mol. The molecule has 0 saturated heterocycles. The number of pyridine rings is 4. The van der Waals surface area contributed by atoms with Gasteiger partial charge in [-0.25, -0.2) is 33.6 Å². The molecular formula is C25H21Br2F4N6+. The highest BCUT2D eigenvalue weighted by Gasteiger charge is 2.36. The molecule has 0 aliphatic heterocycles. The molecule has 0 atom stereocenters. The molecule has 0 radical (unpaired) electrons. The number of halogens is 6. The van der Waals surface area contributed by atoms with Crippen molar-refractivity contribution in [2.75, 3.05) is 10.6 Å². The molecule has 4 aromatic rings. The van der Waals surface area contributed by atoms with Gasteiger partial charge in [-0.2, -0.15) is 8.78 Å². The SMILES string of the molecule is Cc1cc(Br)nc(Nc2cc(C(F)(F)C[n+]3ccc(C(F)F)cc3Nc3cc(C)cc(Br)n3)ccn2)c1. The van der Waals surface area contributed by atoms with Gasteiger partial charge in [0.2, 0.25) is 5.82 Å². The van der Waals surface area contributed by atoms with E-state index in [1.54, 1.807) is 18.2 Å². The second-order valence-electron chi connectivity index (χ2n) is 8.36. The average Bonchev–Trinajstić information content (AvgIpc) is 2.79. The molecule has 0 amide bonds. The fourth-order valence-electron chi connectivity index (χ4n) is 3.60. The molecule has 4 heterocycles. The Morgan fingerprint density at radius 2 is 1.49 bits per heavy atom. The Morgan fingerprint density at radius 1 is 0.865 bits per heavy atom. The number of rotatable bonds is 8. The largest absolute Gasteiger partial charge is 0.325 e. The van der Waals surface area contributed by atoms with Gasteiger partial charge in [0, 0.05) is 29.5 Å². The van der Waals surface area contributed by atoms with Gasteiger partial charge < -0.3 is 5.32 Å². The number of anilines is 4. The molecule has 12 heteroatoms. The molecule has 4 rings (SSSR count). The van der Waals surface area contributed by atoms with Crippen molar-refractivity contribution in [3.05, 3.63) is 92.4 Å². The zero-order valence-electron chi connectivity index (χ0n) is 19.6. The van der Waals surface area contributed by atoms with Gasteiger partial charge in [0.15, 0.2) is 6.54 Å². The second-order valence-corrected chi connectivity index (χ2v) is 9.99. The summed E-state index contributed by atoms with van der Waals surface area (Å²) in [5, 5.41) is 5.83. The lowest BCUT2D eigenvalue weighted by Crippen LogP contribution is -2.44. The minimum absolute atomic E-state index is 0.0451. The summed E-state index contributed by atoms with van der Waals surface area (Å²) in [6.07, 6.45) is -0.289. The third kappa shape index (κ3) is 7.01. The van der Waals surface area contributed by atoms with Crippen molar-refractivity contribution in [2.24, 2.45) is 0 Å². The van der Waals surface area contributed by atoms with E-state index in [2.05, 4.69) is 57.4 Å². The Kier molecular flexibility index (Phi) is 8.08. The van der Waals surface area contributed by atoms with Gasteiger partial charge in [-0.05, 0) is 93.2 Å². The summed E-state index contributed by atoms with van der Waals surface area (Å²) in [6.45, 7) is 2.89. The van der Waals surface area contributed by atoms with Crippen LogP contribution in [0.15, 0.2) is 70.1 Å². The van der Waals surface area contributed by atoms with E-state index in [-0.39, 0.29) is 22.8 Å². The van der Waals surface area contributed by atoms with Gasteiger partial charge >= 0.3 is 5.92 Å². The van der Waals surface area contributed by atoms with E-state index in [0.29, 0.717) is 20.8 Å². The molecule has 0 bridgehead atoms. The lowest BCUT2D eigenvalue weighted by atomic mass is 10.1. The van der Waals surface area contributed by atoms with E-state index in [9.17, 15) is 8.78 Å². The molecule has 0 aliphatic rings. The lowest BCUT2D eigenvalue weighted by molar-refractivity contribution is -0.702. The molecule has 192 valence electrons.